The minimum absolute atomic E-state index is 0.276. The first-order valence-electron chi connectivity index (χ1n) is 5.73. The molecule has 0 aliphatic carbocycles. The number of rotatable bonds is 5. The van der Waals surface area contributed by atoms with Crippen LogP contribution in [0.1, 0.15) is 6.92 Å². The third kappa shape index (κ3) is 3.10. The van der Waals surface area contributed by atoms with Gasteiger partial charge in [-0.05, 0) is 31.2 Å². The zero-order valence-electron chi connectivity index (χ0n) is 10.4. The summed E-state index contributed by atoms with van der Waals surface area (Å²) in [6, 6.07) is 9.51. The van der Waals surface area contributed by atoms with Gasteiger partial charge in [0.25, 0.3) is 0 Å². The smallest absolute Gasteiger partial charge is 0.325 e. The molecule has 5 nitrogen and oxygen atoms in total. The van der Waals surface area contributed by atoms with E-state index >= 15 is 0 Å². The number of anilines is 1. The summed E-state index contributed by atoms with van der Waals surface area (Å²) < 4.78 is 10.8. The van der Waals surface area contributed by atoms with E-state index in [9.17, 15) is 0 Å². The lowest BCUT2D eigenvalue weighted by atomic mass is 10.3. The Morgan fingerprint density at radius 3 is 2.61 bits per heavy atom. The van der Waals surface area contributed by atoms with Gasteiger partial charge in [0.05, 0.1) is 6.61 Å². The molecule has 1 heterocycles. The Balaban J connectivity index is 2.09. The van der Waals surface area contributed by atoms with E-state index in [1.165, 1.54) is 0 Å². The van der Waals surface area contributed by atoms with Crippen LogP contribution in [-0.2, 0) is 0 Å². The predicted octanol–water partition coefficient (Wildman–Crippen LogP) is 2.71. The van der Waals surface area contributed by atoms with E-state index in [1.54, 1.807) is 12.3 Å². The second-order valence-electron chi connectivity index (χ2n) is 3.49. The summed E-state index contributed by atoms with van der Waals surface area (Å²) in [6.45, 7) is 2.46. The minimum Gasteiger partial charge on any atom is -0.478 e. The number of ether oxygens (including phenoxy) is 2. The molecule has 0 saturated heterocycles. The van der Waals surface area contributed by atoms with Crippen molar-refractivity contribution in [3.63, 3.8) is 0 Å². The van der Waals surface area contributed by atoms with Crippen LogP contribution in [-0.4, -0.2) is 23.6 Å². The third-order valence-corrected chi connectivity index (χ3v) is 2.25. The summed E-state index contributed by atoms with van der Waals surface area (Å²) in [5, 5.41) is 3.04. The largest absolute Gasteiger partial charge is 0.478 e. The molecule has 0 radical (unpaired) electrons. The fraction of sp³-hybridized carbons (Fsp3) is 0.231. The van der Waals surface area contributed by atoms with Gasteiger partial charge in [-0.3, -0.25) is 0 Å². The van der Waals surface area contributed by atoms with E-state index in [1.807, 2.05) is 38.2 Å². The van der Waals surface area contributed by atoms with Crippen LogP contribution in [0.2, 0.25) is 0 Å². The highest BCUT2D eigenvalue weighted by Gasteiger charge is 2.02. The first-order chi connectivity index (χ1) is 8.81. The monoisotopic (exact) mass is 245 g/mol. The Labute approximate surface area is 106 Å². The highest BCUT2D eigenvalue weighted by Crippen LogP contribution is 2.21. The maximum absolute atomic E-state index is 5.53. The summed E-state index contributed by atoms with van der Waals surface area (Å²) in [6.07, 6.45) is 1.61. The van der Waals surface area contributed by atoms with Crippen molar-refractivity contribution in [2.24, 2.45) is 0 Å². The van der Waals surface area contributed by atoms with Crippen LogP contribution in [0.5, 0.6) is 17.6 Å². The van der Waals surface area contributed by atoms with Crippen molar-refractivity contribution in [3.05, 3.63) is 36.5 Å². The Morgan fingerprint density at radius 1 is 1.17 bits per heavy atom. The standard InChI is InChI=1S/C13H15N3O2/c1-3-17-12-8-9-15-13(16-12)18-11-6-4-10(14-2)5-7-11/h4-9,14H,3H2,1-2H3. The van der Waals surface area contributed by atoms with Crippen LogP contribution in [0.25, 0.3) is 0 Å². The maximum atomic E-state index is 5.53. The van der Waals surface area contributed by atoms with Gasteiger partial charge in [0.15, 0.2) is 0 Å². The van der Waals surface area contributed by atoms with Crippen LogP contribution in [0.15, 0.2) is 36.5 Å². The zero-order chi connectivity index (χ0) is 12.8. The Morgan fingerprint density at radius 2 is 1.94 bits per heavy atom. The number of benzene rings is 1. The maximum Gasteiger partial charge on any atom is 0.325 e. The van der Waals surface area contributed by atoms with E-state index in [0.29, 0.717) is 18.2 Å². The molecule has 0 saturated carbocycles. The zero-order valence-corrected chi connectivity index (χ0v) is 10.4. The summed E-state index contributed by atoms with van der Waals surface area (Å²) >= 11 is 0. The molecule has 2 aromatic rings. The van der Waals surface area contributed by atoms with E-state index in [-0.39, 0.29) is 6.01 Å². The molecule has 0 atom stereocenters. The minimum atomic E-state index is 0.276. The predicted molar refractivity (Wildman–Crippen MR) is 69.3 cm³/mol. The molecule has 0 bridgehead atoms. The van der Waals surface area contributed by atoms with Crippen molar-refractivity contribution in [1.29, 1.82) is 0 Å². The van der Waals surface area contributed by atoms with Crippen molar-refractivity contribution in [2.45, 2.75) is 6.92 Å². The van der Waals surface area contributed by atoms with Gasteiger partial charge in [0, 0.05) is 25.0 Å². The lowest BCUT2D eigenvalue weighted by molar-refractivity contribution is 0.318. The van der Waals surface area contributed by atoms with E-state index < -0.39 is 0 Å². The summed E-state index contributed by atoms with van der Waals surface area (Å²) in [7, 11) is 1.87. The van der Waals surface area contributed by atoms with E-state index in [4.69, 9.17) is 9.47 Å². The molecular formula is C13H15N3O2. The molecule has 5 heteroatoms. The van der Waals surface area contributed by atoms with E-state index in [0.717, 1.165) is 5.69 Å². The number of nitrogens with zero attached hydrogens (tertiary/aromatic N) is 2. The van der Waals surface area contributed by atoms with Crippen molar-refractivity contribution >= 4 is 5.69 Å². The lowest BCUT2D eigenvalue weighted by Gasteiger charge is -2.06. The lowest BCUT2D eigenvalue weighted by Crippen LogP contribution is -1.97. The van der Waals surface area contributed by atoms with Gasteiger partial charge in [-0.15, -0.1) is 0 Å². The number of hydrogen-bond donors (Lipinski definition) is 1. The third-order valence-electron chi connectivity index (χ3n) is 2.25. The van der Waals surface area contributed by atoms with Crippen LogP contribution in [0.4, 0.5) is 5.69 Å². The van der Waals surface area contributed by atoms with Gasteiger partial charge in [0.1, 0.15) is 5.75 Å². The summed E-state index contributed by atoms with van der Waals surface area (Å²) in [5.74, 6) is 1.19. The van der Waals surface area contributed by atoms with Gasteiger partial charge >= 0.3 is 6.01 Å². The number of nitrogens with one attached hydrogen (secondary N) is 1. The van der Waals surface area contributed by atoms with Gasteiger partial charge in [-0.1, -0.05) is 0 Å². The van der Waals surface area contributed by atoms with Crippen molar-refractivity contribution in [3.8, 4) is 17.6 Å². The molecule has 0 aliphatic rings. The molecule has 2 rings (SSSR count). The Kier molecular flexibility index (Phi) is 3.96. The van der Waals surface area contributed by atoms with Gasteiger partial charge < -0.3 is 14.8 Å². The number of aromatic nitrogens is 2. The molecule has 1 aromatic carbocycles. The molecule has 0 unspecified atom stereocenters. The Bertz CT molecular complexity index is 500. The molecule has 1 N–H and O–H groups in total. The normalized spacial score (nSPS) is 9.89. The Hall–Kier alpha value is -2.30. The first-order valence-corrected chi connectivity index (χ1v) is 5.73. The average molecular weight is 245 g/mol. The molecule has 0 fully saturated rings. The van der Waals surface area contributed by atoms with Crippen molar-refractivity contribution in [1.82, 2.24) is 9.97 Å². The fourth-order valence-corrected chi connectivity index (χ4v) is 1.40. The van der Waals surface area contributed by atoms with E-state index in [2.05, 4.69) is 15.3 Å². The second kappa shape index (κ2) is 5.86. The highest BCUT2D eigenvalue weighted by atomic mass is 16.5. The molecule has 0 spiro atoms. The molecular weight excluding hydrogens is 230 g/mol. The van der Waals surface area contributed by atoms with Crippen molar-refractivity contribution < 1.29 is 9.47 Å². The summed E-state index contributed by atoms with van der Waals surface area (Å²) in [4.78, 5) is 8.16. The van der Waals surface area contributed by atoms with Gasteiger partial charge in [-0.25, -0.2) is 4.98 Å². The second-order valence-corrected chi connectivity index (χ2v) is 3.49. The molecule has 18 heavy (non-hydrogen) atoms. The molecule has 0 amide bonds. The van der Waals surface area contributed by atoms with Gasteiger partial charge in [0.2, 0.25) is 5.88 Å². The summed E-state index contributed by atoms with van der Waals surface area (Å²) in [5.41, 5.74) is 1.02. The van der Waals surface area contributed by atoms with Crippen LogP contribution >= 0.6 is 0 Å². The quantitative estimate of drug-likeness (QED) is 0.877. The van der Waals surface area contributed by atoms with Gasteiger partial charge in [-0.2, -0.15) is 4.98 Å². The SMILES string of the molecule is CCOc1ccnc(Oc2ccc(NC)cc2)n1. The van der Waals surface area contributed by atoms with Crippen molar-refractivity contribution in [2.75, 3.05) is 19.0 Å². The molecule has 94 valence electrons. The van der Waals surface area contributed by atoms with Crippen LogP contribution < -0.4 is 14.8 Å². The molecule has 0 aliphatic heterocycles. The fourth-order valence-electron chi connectivity index (χ4n) is 1.40. The number of hydrogen-bond acceptors (Lipinski definition) is 5. The van der Waals surface area contributed by atoms with Crippen LogP contribution in [0.3, 0.4) is 0 Å². The molecule has 1 aromatic heterocycles. The topological polar surface area (TPSA) is 56.3 Å². The van der Waals surface area contributed by atoms with Crippen LogP contribution in [0, 0.1) is 0 Å². The first kappa shape index (κ1) is 12.2. The average Bonchev–Trinajstić information content (AvgIpc) is 2.40. The highest BCUT2D eigenvalue weighted by molar-refractivity contribution is 5.46.